The fourth-order valence-electron chi connectivity index (χ4n) is 2.14. The molecule has 7 heteroatoms. The summed E-state index contributed by atoms with van der Waals surface area (Å²) < 4.78 is 9.68. The summed E-state index contributed by atoms with van der Waals surface area (Å²) in [6.45, 7) is 4.72. The molecule has 7 nitrogen and oxygen atoms in total. The van der Waals surface area contributed by atoms with Gasteiger partial charge in [0, 0.05) is 0 Å². The predicted octanol–water partition coefficient (Wildman–Crippen LogP) is 1.12. The third-order valence-electron chi connectivity index (χ3n) is 3.62. The molecule has 2 bridgehead atoms. The van der Waals surface area contributed by atoms with Crippen LogP contribution in [0.2, 0.25) is 0 Å². The van der Waals surface area contributed by atoms with E-state index in [9.17, 15) is 14.4 Å². The van der Waals surface area contributed by atoms with E-state index in [1.54, 1.807) is 19.1 Å². The van der Waals surface area contributed by atoms with Gasteiger partial charge < -0.3 is 14.8 Å². The van der Waals surface area contributed by atoms with Crippen LogP contribution < -0.4 is 10.6 Å². The molecule has 2 N–H and O–H groups in total. The van der Waals surface area contributed by atoms with Crippen molar-refractivity contribution in [3.8, 4) is 0 Å². The number of fused-ring (bicyclic) bond motifs is 4. The van der Waals surface area contributed by atoms with Crippen LogP contribution in [0, 0.1) is 0 Å². The fraction of sp³-hybridized carbons (Fsp3) is 0.471. The molecule has 3 aliphatic rings. The topological polar surface area (TPSA) is 93.7 Å². The average molecular weight is 334 g/mol. The minimum absolute atomic E-state index is 0.222. The van der Waals surface area contributed by atoms with Crippen LogP contribution in [0.4, 0.5) is 0 Å². The lowest BCUT2D eigenvalue weighted by atomic mass is 10.2. The standard InChI is InChI=1S/C9H16N2O3.C8H6O2/c1-3-4-5-10-7-9(13)14-6(2)8(12)11-7;9-8-7-3-1-6(2-4-7)5-10-8/h6-7,10H,3-5H2,1-2H3,(H,11,12);1-4H,5H2. The summed E-state index contributed by atoms with van der Waals surface area (Å²) in [7, 11) is 0. The van der Waals surface area contributed by atoms with Crippen molar-refractivity contribution < 1.29 is 23.9 Å². The van der Waals surface area contributed by atoms with Crippen molar-refractivity contribution in [2.24, 2.45) is 0 Å². The molecular weight excluding hydrogens is 312 g/mol. The minimum Gasteiger partial charge on any atom is -0.457 e. The van der Waals surface area contributed by atoms with Gasteiger partial charge in [0.1, 0.15) is 6.61 Å². The molecule has 0 aromatic heterocycles. The number of benzene rings is 1. The molecule has 1 aromatic rings. The molecule has 3 aliphatic heterocycles. The number of esters is 2. The first-order valence-electron chi connectivity index (χ1n) is 8.01. The number of rotatable bonds is 4. The minimum atomic E-state index is -0.676. The first-order chi connectivity index (χ1) is 11.5. The summed E-state index contributed by atoms with van der Waals surface area (Å²) in [6.07, 6.45) is 0.658. The molecule has 0 spiro atoms. The normalized spacial score (nSPS) is 21.8. The van der Waals surface area contributed by atoms with Crippen molar-refractivity contribution in [1.29, 1.82) is 0 Å². The van der Waals surface area contributed by atoms with Crippen molar-refractivity contribution in [1.82, 2.24) is 10.6 Å². The molecule has 0 radical (unpaired) electrons. The van der Waals surface area contributed by atoms with Gasteiger partial charge in [-0.25, -0.2) is 9.59 Å². The Hall–Kier alpha value is -2.41. The van der Waals surface area contributed by atoms with E-state index in [-0.39, 0.29) is 11.9 Å². The zero-order valence-electron chi connectivity index (χ0n) is 13.8. The highest BCUT2D eigenvalue weighted by Gasteiger charge is 2.32. The number of carbonyl (C=O) groups is 3. The lowest BCUT2D eigenvalue weighted by Crippen LogP contribution is -2.59. The maximum absolute atomic E-state index is 11.2. The smallest absolute Gasteiger partial charge is 0.344 e. The van der Waals surface area contributed by atoms with Crippen LogP contribution in [-0.2, 0) is 25.7 Å². The average Bonchev–Trinajstić information content (AvgIpc) is 2.86. The Morgan fingerprint density at radius 3 is 2.58 bits per heavy atom. The Morgan fingerprint density at radius 2 is 1.92 bits per heavy atom. The Balaban J connectivity index is 0.000000182. The van der Waals surface area contributed by atoms with Crippen LogP contribution in [0.3, 0.4) is 0 Å². The highest BCUT2D eigenvalue weighted by atomic mass is 16.6. The van der Waals surface area contributed by atoms with Gasteiger partial charge in [-0.05, 0) is 37.6 Å². The molecule has 1 saturated heterocycles. The van der Waals surface area contributed by atoms with Gasteiger partial charge in [0.2, 0.25) is 0 Å². The second kappa shape index (κ2) is 8.44. The zero-order chi connectivity index (χ0) is 17.5. The number of cyclic esters (lactones) is 1. The van der Waals surface area contributed by atoms with E-state index in [1.165, 1.54) is 0 Å². The third-order valence-corrected chi connectivity index (χ3v) is 3.62. The van der Waals surface area contributed by atoms with Crippen molar-refractivity contribution in [3.63, 3.8) is 0 Å². The van der Waals surface area contributed by atoms with E-state index in [0.717, 1.165) is 18.4 Å². The van der Waals surface area contributed by atoms with Crippen LogP contribution >= 0.6 is 0 Å². The second-order valence-electron chi connectivity index (χ2n) is 5.60. The third kappa shape index (κ3) is 4.79. The number of unbranched alkanes of at least 4 members (excludes halogenated alkanes) is 1. The first-order valence-corrected chi connectivity index (χ1v) is 8.01. The first kappa shape index (κ1) is 17.9. The molecule has 4 rings (SSSR count). The van der Waals surface area contributed by atoms with Crippen molar-refractivity contribution in [2.45, 2.75) is 45.6 Å². The maximum Gasteiger partial charge on any atom is 0.344 e. The molecule has 130 valence electrons. The van der Waals surface area contributed by atoms with Crippen LogP contribution in [0.5, 0.6) is 0 Å². The van der Waals surface area contributed by atoms with Crippen LogP contribution in [0.15, 0.2) is 24.3 Å². The maximum atomic E-state index is 11.2. The number of hydrogen-bond acceptors (Lipinski definition) is 6. The number of carbonyl (C=O) groups excluding carboxylic acids is 3. The number of nitrogens with one attached hydrogen (secondary N) is 2. The van der Waals surface area contributed by atoms with E-state index in [4.69, 9.17) is 9.47 Å². The summed E-state index contributed by atoms with van der Waals surface area (Å²) in [6, 6.07) is 7.37. The summed E-state index contributed by atoms with van der Waals surface area (Å²) >= 11 is 0. The molecule has 3 heterocycles. The number of morpholine rings is 1. The highest BCUT2D eigenvalue weighted by Crippen LogP contribution is 2.12. The molecule has 2 unspecified atom stereocenters. The molecule has 1 amide bonds. The lowest BCUT2D eigenvalue weighted by Gasteiger charge is -2.26. The van der Waals surface area contributed by atoms with Gasteiger partial charge in [-0.1, -0.05) is 25.5 Å². The quantitative estimate of drug-likeness (QED) is 0.633. The molecule has 1 aromatic carbocycles. The summed E-state index contributed by atoms with van der Waals surface area (Å²) in [4.78, 5) is 33.3. The zero-order valence-corrected chi connectivity index (χ0v) is 13.8. The Bertz CT molecular complexity index is 600. The summed E-state index contributed by atoms with van der Waals surface area (Å²) in [5, 5.41) is 5.47. The van der Waals surface area contributed by atoms with Crippen LogP contribution in [0.25, 0.3) is 0 Å². The van der Waals surface area contributed by atoms with Crippen LogP contribution in [-0.4, -0.2) is 36.7 Å². The van der Waals surface area contributed by atoms with Crippen molar-refractivity contribution in [3.05, 3.63) is 35.4 Å². The van der Waals surface area contributed by atoms with Gasteiger partial charge in [0.05, 0.1) is 5.56 Å². The van der Waals surface area contributed by atoms with Crippen molar-refractivity contribution >= 4 is 17.8 Å². The van der Waals surface area contributed by atoms with E-state index in [2.05, 4.69) is 17.6 Å². The Kier molecular flexibility index (Phi) is 6.31. The lowest BCUT2D eigenvalue weighted by molar-refractivity contribution is -0.165. The molecule has 0 aliphatic carbocycles. The van der Waals surface area contributed by atoms with Gasteiger partial charge in [-0.2, -0.15) is 0 Å². The SMILES string of the molecule is CCCCNC1NC(=O)C(C)OC1=O.O=C1OCc2ccc1cc2. The molecule has 2 atom stereocenters. The van der Waals surface area contributed by atoms with Gasteiger partial charge >= 0.3 is 11.9 Å². The predicted molar refractivity (Wildman–Crippen MR) is 86.0 cm³/mol. The van der Waals surface area contributed by atoms with E-state index in [0.29, 0.717) is 18.7 Å². The highest BCUT2D eigenvalue weighted by molar-refractivity contribution is 5.92. The van der Waals surface area contributed by atoms with Gasteiger partial charge in [-0.15, -0.1) is 0 Å². The Morgan fingerprint density at radius 1 is 1.21 bits per heavy atom. The van der Waals surface area contributed by atoms with Crippen LogP contribution in [0.1, 0.15) is 42.6 Å². The second-order valence-corrected chi connectivity index (χ2v) is 5.60. The Labute approximate surface area is 140 Å². The monoisotopic (exact) mass is 334 g/mol. The summed E-state index contributed by atoms with van der Waals surface area (Å²) in [5.41, 5.74) is 1.69. The van der Waals surface area contributed by atoms with Gasteiger partial charge in [0.25, 0.3) is 5.91 Å². The van der Waals surface area contributed by atoms with E-state index in [1.807, 2.05) is 12.1 Å². The van der Waals surface area contributed by atoms with E-state index >= 15 is 0 Å². The van der Waals surface area contributed by atoms with Gasteiger partial charge in [-0.3, -0.25) is 10.1 Å². The van der Waals surface area contributed by atoms with E-state index < -0.39 is 18.2 Å². The largest absolute Gasteiger partial charge is 0.457 e. The fourth-order valence-corrected chi connectivity index (χ4v) is 2.14. The summed E-state index contributed by atoms with van der Waals surface area (Å²) in [5.74, 6) is -0.883. The van der Waals surface area contributed by atoms with Crippen molar-refractivity contribution in [2.75, 3.05) is 6.54 Å². The molecule has 24 heavy (non-hydrogen) atoms. The molecular formula is C17H22N2O5. The van der Waals surface area contributed by atoms with Gasteiger partial charge in [0.15, 0.2) is 12.3 Å². The number of amides is 1. The molecule has 0 saturated carbocycles. The molecule has 1 fully saturated rings. The number of ether oxygens (including phenoxy) is 2. The number of hydrogen-bond donors (Lipinski definition) is 2.